The van der Waals surface area contributed by atoms with Gasteiger partial charge in [-0.2, -0.15) is 0 Å². The summed E-state index contributed by atoms with van der Waals surface area (Å²) in [7, 11) is 0. The molecule has 0 fully saturated rings. The highest BCUT2D eigenvalue weighted by Gasteiger charge is 2.28. The largest absolute Gasteiger partial charge is 0.481 e. The van der Waals surface area contributed by atoms with Crippen molar-refractivity contribution in [2.75, 3.05) is 5.73 Å². The average Bonchev–Trinajstić information content (AvgIpc) is 2.66. The zero-order chi connectivity index (χ0) is 12.0. The Balaban J connectivity index is 2.10. The van der Waals surface area contributed by atoms with Gasteiger partial charge in [0.2, 0.25) is 0 Å². The van der Waals surface area contributed by atoms with Crippen molar-refractivity contribution >= 4 is 22.6 Å². The fraction of sp³-hybridized carbons (Fsp3) is 0.308. The number of furan rings is 1. The summed E-state index contributed by atoms with van der Waals surface area (Å²) in [5.41, 5.74) is 8.40. The van der Waals surface area contributed by atoms with Gasteiger partial charge in [0.25, 0.3) is 0 Å². The summed E-state index contributed by atoms with van der Waals surface area (Å²) < 4.78 is 5.71. The first-order valence-electron chi connectivity index (χ1n) is 5.67. The van der Waals surface area contributed by atoms with E-state index in [1.165, 1.54) is 0 Å². The molecule has 0 spiro atoms. The van der Waals surface area contributed by atoms with Gasteiger partial charge in [-0.15, -0.1) is 0 Å². The number of carboxylic acid groups (broad SMARTS) is 1. The third-order valence-corrected chi connectivity index (χ3v) is 3.42. The van der Waals surface area contributed by atoms with Crippen LogP contribution < -0.4 is 5.73 Å². The van der Waals surface area contributed by atoms with Crippen molar-refractivity contribution in [1.82, 2.24) is 0 Å². The van der Waals surface area contributed by atoms with E-state index in [1.54, 1.807) is 6.07 Å². The van der Waals surface area contributed by atoms with Crippen LogP contribution in [0.25, 0.3) is 11.0 Å². The molecule has 3 rings (SSSR count). The zero-order valence-corrected chi connectivity index (χ0v) is 9.27. The molecule has 1 aliphatic carbocycles. The van der Waals surface area contributed by atoms with E-state index >= 15 is 0 Å². The quantitative estimate of drug-likeness (QED) is 0.738. The molecule has 1 atom stereocenters. The first-order valence-corrected chi connectivity index (χ1v) is 5.67. The Labute approximate surface area is 98.0 Å². The van der Waals surface area contributed by atoms with E-state index in [4.69, 9.17) is 15.3 Å². The van der Waals surface area contributed by atoms with Crippen molar-refractivity contribution in [3.8, 4) is 0 Å². The van der Waals surface area contributed by atoms with Crippen LogP contribution in [0, 0.1) is 5.92 Å². The van der Waals surface area contributed by atoms with E-state index in [1.807, 2.05) is 12.1 Å². The highest BCUT2D eigenvalue weighted by molar-refractivity contribution is 5.86. The lowest BCUT2D eigenvalue weighted by molar-refractivity contribution is -0.142. The number of benzene rings is 1. The van der Waals surface area contributed by atoms with Crippen LogP contribution >= 0.6 is 0 Å². The molecule has 1 aromatic carbocycles. The number of anilines is 1. The number of hydrogen-bond donors (Lipinski definition) is 2. The van der Waals surface area contributed by atoms with E-state index in [9.17, 15) is 4.79 Å². The number of carbonyl (C=O) groups is 1. The lowest BCUT2D eigenvalue weighted by Gasteiger charge is -2.16. The van der Waals surface area contributed by atoms with Gasteiger partial charge in [-0.3, -0.25) is 4.79 Å². The highest BCUT2D eigenvalue weighted by atomic mass is 16.4. The average molecular weight is 231 g/mol. The molecule has 2 aromatic rings. The first-order chi connectivity index (χ1) is 8.15. The lowest BCUT2D eigenvalue weighted by Crippen LogP contribution is -2.21. The predicted molar refractivity (Wildman–Crippen MR) is 63.8 cm³/mol. The van der Waals surface area contributed by atoms with Gasteiger partial charge in [0.05, 0.1) is 5.92 Å². The fourth-order valence-corrected chi connectivity index (χ4v) is 2.51. The number of nitrogens with two attached hydrogens (primary N) is 1. The van der Waals surface area contributed by atoms with Gasteiger partial charge in [0.1, 0.15) is 11.3 Å². The van der Waals surface area contributed by atoms with Crippen molar-refractivity contribution in [3.63, 3.8) is 0 Å². The molecule has 4 nitrogen and oxygen atoms in total. The minimum atomic E-state index is -0.740. The molecule has 0 bridgehead atoms. The third-order valence-electron chi connectivity index (χ3n) is 3.42. The first kappa shape index (κ1) is 10.2. The van der Waals surface area contributed by atoms with Gasteiger partial charge in [-0.25, -0.2) is 0 Å². The summed E-state index contributed by atoms with van der Waals surface area (Å²) in [5, 5.41) is 10.1. The Kier molecular flexibility index (Phi) is 2.11. The van der Waals surface area contributed by atoms with Crippen LogP contribution in [0.5, 0.6) is 0 Å². The number of aliphatic carboxylic acids is 1. The Bertz CT molecular complexity index is 600. The van der Waals surface area contributed by atoms with Crippen LogP contribution in [0.3, 0.4) is 0 Å². The molecule has 4 heteroatoms. The van der Waals surface area contributed by atoms with Gasteiger partial charge in [-0.1, -0.05) is 0 Å². The van der Waals surface area contributed by atoms with E-state index in [2.05, 4.69) is 0 Å². The molecule has 0 saturated carbocycles. The Morgan fingerprint density at radius 3 is 3.06 bits per heavy atom. The second kappa shape index (κ2) is 3.52. The summed E-state index contributed by atoms with van der Waals surface area (Å²) >= 11 is 0. The molecule has 0 amide bonds. The van der Waals surface area contributed by atoms with Gasteiger partial charge < -0.3 is 15.3 Å². The number of hydrogen-bond acceptors (Lipinski definition) is 3. The third kappa shape index (κ3) is 1.56. The zero-order valence-electron chi connectivity index (χ0n) is 9.27. The molecule has 17 heavy (non-hydrogen) atoms. The maximum absolute atomic E-state index is 11.0. The number of fused-ring (bicyclic) bond motifs is 3. The van der Waals surface area contributed by atoms with E-state index in [0.29, 0.717) is 18.5 Å². The van der Waals surface area contributed by atoms with Crippen LogP contribution in [-0.2, 0) is 17.6 Å². The van der Waals surface area contributed by atoms with Crippen LogP contribution in [0.15, 0.2) is 22.6 Å². The van der Waals surface area contributed by atoms with Gasteiger partial charge in [-0.05, 0) is 31.0 Å². The molecule has 0 saturated heterocycles. The second-order valence-corrected chi connectivity index (χ2v) is 4.54. The molecule has 0 radical (unpaired) electrons. The van der Waals surface area contributed by atoms with Crippen LogP contribution in [-0.4, -0.2) is 11.1 Å². The van der Waals surface area contributed by atoms with Gasteiger partial charge >= 0.3 is 5.97 Å². The van der Waals surface area contributed by atoms with Crippen molar-refractivity contribution in [2.24, 2.45) is 5.92 Å². The summed E-state index contributed by atoms with van der Waals surface area (Å²) in [4.78, 5) is 11.0. The lowest BCUT2D eigenvalue weighted by atomic mass is 9.87. The smallest absolute Gasteiger partial charge is 0.306 e. The SMILES string of the molecule is Nc1ccc2oc3c(c2c1)CCC(C(=O)O)C3. The van der Waals surface area contributed by atoms with Crippen molar-refractivity contribution in [3.05, 3.63) is 29.5 Å². The van der Waals surface area contributed by atoms with E-state index in [-0.39, 0.29) is 5.92 Å². The standard InChI is InChI=1S/C13H13NO3/c14-8-2-4-11-10(6-8)9-3-1-7(13(15)16)5-12(9)17-11/h2,4,6-7H,1,3,5,14H2,(H,15,16). The number of carboxylic acids is 1. The molecule has 88 valence electrons. The number of rotatable bonds is 1. The molecule has 1 unspecified atom stereocenters. The molecule has 0 aliphatic heterocycles. The fourth-order valence-electron chi connectivity index (χ4n) is 2.51. The summed E-state index contributed by atoms with van der Waals surface area (Å²) in [6.07, 6.45) is 1.91. The Morgan fingerprint density at radius 2 is 2.29 bits per heavy atom. The maximum atomic E-state index is 11.0. The maximum Gasteiger partial charge on any atom is 0.306 e. The molecule has 1 aliphatic rings. The van der Waals surface area contributed by atoms with Crippen LogP contribution in [0.1, 0.15) is 17.7 Å². The monoisotopic (exact) mass is 231 g/mol. The molecular formula is C13H13NO3. The van der Waals surface area contributed by atoms with Crippen LogP contribution in [0.2, 0.25) is 0 Å². The topological polar surface area (TPSA) is 76.5 Å². The van der Waals surface area contributed by atoms with Crippen molar-refractivity contribution in [2.45, 2.75) is 19.3 Å². The van der Waals surface area contributed by atoms with E-state index < -0.39 is 5.97 Å². The molecular weight excluding hydrogens is 218 g/mol. The predicted octanol–water partition coefficient (Wildman–Crippen LogP) is 2.20. The van der Waals surface area contributed by atoms with Crippen molar-refractivity contribution in [1.29, 1.82) is 0 Å². The van der Waals surface area contributed by atoms with Gasteiger partial charge in [0, 0.05) is 23.1 Å². The summed E-state index contributed by atoms with van der Waals surface area (Å²) in [6, 6.07) is 5.55. The number of aryl methyl sites for hydroxylation is 1. The number of nitrogen functional groups attached to an aromatic ring is 1. The van der Waals surface area contributed by atoms with Gasteiger partial charge in [0.15, 0.2) is 0 Å². The minimum Gasteiger partial charge on any atom is -0.481 e. The summed E-state index contributed by atoms with van der Waals surface area (Å²) in [5.74, 6) is -0.250. The molecule has 1 aromatic heterocycles. The summed E-state index contributed by atoms with van der Waals surface area (Å²) in [6.45, 7) is 0. The van der Waals surface area contributed by atoms with E-state index in [0.717, 1.165) is 28.7 Å². The van der Waals surface area contributed by atoms with Crippen molar-refractivity contribution < 1.29 is 14.3 Å². The molecule has 1 heterocycles. The second-order valence-electron chi connectivity index (χ2n) is 4.54. The Hall–Kier alpha value is -1.97. The Morgan fingerprint density at radius 1 is 1.47 bits per heavy atom. The van der Waals surface area contributed by atoms with Crippen LogP contribution in [0.4, 0.5) is 5.69 Å². The normalized spacial score (nSPS) is 19.2. The molecule has 3 N–H and O–H groups in total. The highest BCUT2D eigenvalue weighted by Crippen LogP contribution is 2.34. The minimum absolute atomic E-state index is 0.319.